The second-order valence-electron chi connectivity index (χ2n) is 14.5. The summed E-state index contributed by atoms with van der Waals surface area (Å²) < 4.78 is 0. The van der Waals surface area contributed by atoms with E-state index in [0.717, 1.165) is 35.5 Å². The summed E-state index contributed by atoms with van der Waals surface area (Å²) in [5.74, 6) is 5.13. The zero-order valence-corrected chi connectivity index (χ0v) is 24.1. The molecule has 0 aliphatic heterocycles. The molecule has 0 bridgehead atoms. The Hall–Kier alpha value is -0.0400. The maximum absolute atomic E-state index is 10.6. The molecule has 2 aliphatic rings. The molecular weight excluding hydrogens is 400 g/mol. The molecule has 0 amide bonds. The van der Waals surface area contributed by atoms with Gasteiger partial charge in [-0.3, -0.25) is 0 Å². The van der Waals surface area contributed by atoms with Crippen LogP contribution in [0.1, 0.15) is 152 Å². The molecule has 1 N–H and O–H groups in total. The Kier molecular flexibility index (Phi) is 11.8. The van der Waals surface area contributed by atoms with Gasteiger partial charge in [-0.25, -0.2) is 0 Å². The van der Waals surface area contributed by atoms with Gasteiger partial charge in [-0.1, -0.05) is 113 Å². The monoisotopic (exact) mass is 462 g/mol. The fourth-order valence-electron chi connectivity index (χ4n) is 7.71. The molecule has 4 unspecified atom stereocenters. The van der Waals surface area contributed by atoms with Gasteiger partial charge in [-0.05, 0) is 85.4 Å². The molecule has 0 aromatic carbocycles. The number of hydrogen-bond donors (Lipinski definition) is 1. The molecule has 1 heteroatoms. The molecule has 2 saturated carbocycles. The van der Waals surface area contributed by atoms with E-state index >= 15 is 0 Å². The van der Waals surface area contributed by atoms with Crippen LogP contribution in [0.15, 0.2) is 0 Å². The largest absolute Gasteiger partial charge is 0.393 e. The third kappa shape index (κ3) is 9.85. The molecule has 0 aromatic rings. The van der Waals surface area contributed by atoms with Crippen molar-refractivity contribution in [2.75, 3.05) is 0 Å². The first kappa shape index (κ1) is 29.2. The minimum atomic E-state index is -0.111. The van der Waals surface area contributed by atoms with Crippen LogP contribution < -0.4 is 0 Å². The lowest BCUT2D eigenvalue weighted by Crippen LogP contribution is -2.25. The molecule has 2 rings (SSSR count). The first-order chi connectivity index (χ1) is 15.4. The maximum atomic E-state index is 10.6. The van der Waals surface area contributed by atoms with Crippen LogP contribution in [0.3, 0.4) is 0 Å². The predicted molar refractivity (Wildman–Crippen MR) is 146 cm³/mol. The van der Waals surface area contributed by atoms with Crippen molar-refractivity contribution in [2.24, 2.45) is 46.3 Å². The van der Waals surface area contributed by atoms with Gasteiger partial charge in [0.05, 0.1) is 6.10 Å². The van der Waals surface area contributed by atoms with E-state index in [9.17, 15) is 5.11 Å². The van der Waals surface area contributed by atoms with Crippen molar-refractivity contribution >= 4 is 0 Å². The van der Waals surface area contributed by atoms with Crippen molar-refractivity contribution in [1.82, 2.24) is 0 Å². The molecular formula is C32H62O. The second kappa shape index (κ2) is 13.3. The molecule has 33 heavy (non-hydrogen) atoms. The average molecular weight is 463 g/mol. The van der Waals surface area contributed by atoms with Gasteiger partial charge in [0.2, 0.25) is 0 Å². The lowest BCUT2D eigenvalue weighted by molar-refractivity contribution is 0.0735. The van der Waals surface area contributed by atoms with E-state index in [-0.39, 0.29) is 11.5 Å². The molecule has 0 spiro atoms. The van der Waals surface area contributed by atoms with E-state index in [1.807, 2.05) is 0 Å². The Balaban J connectivity index is 1.60. The Morgan fingerprint density at radius 3 is 2.06 bits per heavy atom. The van der Waals surface area contributed by atoms with Crippen LogP contribution in [0.5, 0.6) is 0 Å². The third-order valence-corrected chi connectivity index (χ3v) is 9.75. The Bertz CT molecular complexity index is 523. The van der Waals surface area contributed by atoms with Crippen molar-refractivity contribution in [3.05, 3.63) is 0 Å². The summed E-state index contributed by atoms with van der Waals surface area (Å²) in [6.45, 7) is 19.1. The second-order valence-corrected chi connectivity index (χ2v) is 14.5. The number of rotatable bonds is 16. The Morgan fingerprint density at radius 1 is 0.879 bits per heavy atom. The molecule has 6 atom stereocenters. The number of unbranched alkanes of at least 4 members (excludes halogenated alkanes) is 4. The third-order valence-electron chi connectivity index (χ3n) is 9.75. The van der Waals surface area contributed by atoms with E-state index in [1.165, 1.54) is 96.3 Å². The van der Waals surface area contributed by atoms with E-state index in [4.69, 9.17) is 0 Å². The highest BCUT2D eigenvalue weighted by Gasteiger charge is 2.56. The van der Waals surface area contributed by atoms with Crippen LogP contribution in [0.4, 0.5) is 0 Å². The lowest BCUT2D eigenvalue weighted by Gasteiger charge is -2.28. The Morgan fingerprint density at radius 2 is 1.48 bits per heavy atom. The summed E-state index contributed by atoms with van der Waals surface area (Å²) in [4.78, 5) is 0. The molecule has 2 fully saturated rings. The summed E-state index contributed by atoms with van der Waals surface area (Å²) in [5, 5.41) is 10.6. The fourth-order valence-corrected chi connectivity index (χ4v) is 7.71. The summed E-state index contributed by atoms with van der Waals surface area (Å²) in [7, 11) is 0. The van der Waals surface area contributed by atoms with Crippen LogP contribution in [0, 0.1) is 46.3 Å². The van der Waals surface area contributed by atoms with Crippen molar-refractivity contribution < 1.29 is 5.11 Å². The molecule has 2 aliphatic carbocycles. The molecule has 0 heterocycles. The van der Waals surface area contributed by atoms with Gasteiger partial charge in [-0.15, -0.1) is 0 Å². The smallest absolute Gasteiger partial charge is 0.0571 e. The van der Waals surface area contributed by atoms with E-state index in [2.05, 4.69) is 55.4 Å². The minimum Gasteiger partial charge on any atom is -0.393 e. The van der Waals surface area contributed by atoms with Crippen molar-refractivity contribution in [3.8, 4) is 0 Å². The molecule has 0 aromatic heterocycles. The number of hydrogen-bond acceptors (Lipinski definition) is 1. The molecule has 0 radical (unpaired) electrons. The quantitative estimate of drug-likeness (QED) is 0.226. The van der Waals surface area contributed by atoms with Gasteiger partial charge >= 0.3 is 0 Å². The van der Waals surface area contributed by atoms with Crippen molar-refractivity contribution in [3.63, 3.8) is 0 Å². The lowest BCUT2D eigenvalue weighted by atomic mass is 9.77. The minimum absolute atomic E-state index is 0.111. The summed E-state index contributed by atoms with van der Waals surface area (Å²) in [6, 6.07) is 0. The van der Waals surface area contributed by atoms with Crippen LogP contribution in [0.2, 0.25) is 0 Å². The SMILES string of the molecule is CC(C[C@H](CCCCCCCC1CC1(C[C@@H](C)C1CCCC1)C(C)O)C(C)C)CC(C)(C)C. The van der Waals surface area contributed by atoms with Crippen molar-refractivity contribution in [1.29, 1.82) is 0 Å². The van der Waals surface area contributed by atoms with Gasteiger partial charge in [0, 0.05) is 0 Å². The van der Waals surface area contributed by atoms with E-state index in [1.54, 1.807) is 0 Å². The highest BCUT2D eigenvalue weighted by Crippen LogP contribution is 2.62. The normalized spacial score (nSPS) is 27.6. The van der Waals surface area contributed by atoms with E-state index in [0.29, 0.717) is 5.41 Å². The highest BCUT2D eigenvalue weighted by molar-refractivity contribution is 5.06. The Labute approximate surface area is 209 Å². The van der Waals surface area contributed by atoms with Gasteiger partial charge in [0.15, 0.2) is 0 Å². The highest BCUT2D eigenvalue weighted by atomic mass is 16.3. The predicted octanol–water partition coefficient (Wildman–Crippen LogP) is 10.1. The molecule has 0 saturated heterocycles. The zero-order valence-electron chi connectivity index (χ0n) is 24.1. The molecule has 196 valence electrons. The van der Waals surface area contributed by atoms with Crippen molar-refractivity contribution in [2.45, 2.75) is 158 Å². The van der Waals surface area contributed by atoms with Gasteiger partial charge < -0.3 is 5.11 Å². The van der Waals surface area contributed by atoms with Gasteiger partial charge in [0.25, 0.3) is 0 Å². The number of aliphatic hydroxyl groups is 1. The van der Waals surface area contributed by atoms with Gasteiger partial charge in [-0.2, -0.15) is 0 Å². The van der Waals surface area contributed by atoms with Crippen LogP contribution in [0.25, 0.3) is 0 Å². The van der Waals surface area contributed by atoms with Crippen LogP contribution in [-0.2, 0) is 0 Å². The number of aliphatic hydroxyl groups excluding tert-OH is 1. The first-order valence-electron chi connectivity index (χ1n) is 15.1. The maximum Gasteiger partial charge on any atom is 0.0571 e. The topological polar surface area (TPSA) is 20.2 Å². The van der Waals surface area contributed by atoms with Gasteiger partial charge in [0.1, 0.15) is 0 Å². The van der Waals surface area contributed by atoms with E-state index < -0.39 is 0 Å². The molecule has 1 nitrogen and oxygen atoms in total. The first-order valence-corrected chi connectivity index (χ1v) is 15.1. The fraction of sp³-hybridized carbons (Fsp3) is 1.00. The summed E-state index contributed by atoms with van der Waals surface area (Å²) >= 11 is 0. The zero-order chi connectivity index (χ0) is 24.6. The average Bonchev–Trinajstić information content (AvgIpc) is 3.12. The summed E-state index contributed by atoms with van der Waals surface area (Å²) in [6.07, 6.45) is 20.8. The summed E-state index contributed by atoms with van der Waals surface area (Å²) in [5.41, 5.74) is 0.735. The van der Waals surface area contributed by atoms with Crippen LogP contribution >= 0.6 is 0 Å². The van der Waals surface area contributed by atoms with Crippen LogP contribution in [-0.4, -0.2) is 11.2 Å². The standard InChI is InChI=1S/C32H62O/c1-24(2)29(20-25(3)21-31(6,7)8)18-12-10-9-11-13-19-30-23-32(30,27(5)33)22-26(4)28-16-14-15-17-28/h24-30,33H,9-23H2,1-8H3/t25?,26-,27?,29+,30?,32?/m1/s1.